The van der Waals surface area contributed by atoms with Gasteiger partial charge in [-0.05, 0) is 0 Å². The molecule has 0 aromatic carbocycles. The molecule has 0 unspecified atom stereocenters. The van der Waals surface area contributed by atoms with Gasteiger partial charge in [0.15, 0.2) is 5.89 Å². The summed E-state index contributed by atoms with van der Waals surface area (Å²) in [5.41, 5.74) is 0. The van der Waals surface area contributed by atoms with Crippen molar-refractivity contribution in [1.29, 1.82) is 0 Å². The smallest absolute Gasteiger partial charge is 0.191 e. The lowest BCUT2D eigenvalue weighted by molar-refractivity contribution is 0.480. The molecule has 2 heteroatoms. The van der Waals surface area contributed by atoms with E-state index in [1.165, 1.54) is 0 Å². The lowest BCUT2D eigenvalue weighted by Crippen LogP contribution is -1.67. The number of hydrogen-bond donors (Lipinski definition) is 0. The van der Waals surface area contributed by atoms with Crippen LogP contribution in [-0.2, 0) is 6.42 Å². The average molecular weight is 111 g/mol. The molecule has 0 atom stereocenters. The second-order valence-electron chi connectivity index (χ2n) is 1.70. The van der Waals surface area contributed by atoms with Gasteiger partial charge < -0.3 is 4.42 Å². The summed E-state index contributed by atoms with van der Waals surface area (Å²) in [6, 6.07) is 0. The zero-order valence-electron chi connectivity index (χ0n) is 5.14. The van der Waals surface area contributed by atoms with E-state index in [0.29, 0.717) is 0 Å². The first-order chi connectivity index (χ1) is 3.83. The van der Waals surface area contributed by atoms with Crippen LogP contribution >= 0.6 is 0 Å². The SMILES string of the molecule is CCc1cnc(C)o1. The first-order valence-corrected chi connectivity index (χ1v) is 2.74. The Morgan fingerprint density at radius 3 is 2.75 bits per heavy atom. The molecule has 44 valence electrons. The van der Waals surface area contributed by atoms with Crippen molar-refractivity contribution in [3.05, 3.63) is 17.8 Å². The minimum absolute atomic E-state index is 0.752. The molecule has 0 radical (unpaired) electrons. The van der Waals surface area contributed by atoms with E-state index in [-0.39, 0.29) is 0 Å². The highest BCUT2D eigenvalue weighted by atomic mass is 16.3. The minimum Gasteiger partial charge on any atom is -0.446 e. The van der Waals surface area contributed by atoms with Crippen molar-refractivity contribution in [1.82, 2.24) is 4.98 Å². The molecular formula is C6H9NO. The number of oxazole rings is 1. The van der Waals surface area contributed by atoms with Crippen molar-refractivity contribution >= 4 is 0 Å². The van der Waals surface area contributed by atoms with Crippen LogP contribution in [0.3, 0.4) is 0 Å². The summed E-state index contributed by atoms with van der Waals surface area (Å²) < 4.78 is 5.12. The lowest BCUT2D eigenvalue weighted by atomic mass is 10.4. The highest BCUT2D eigenvalue weighted by molar-refractivity contribution is 4.91. The molecule has 0 aliphatic rings. The first kappa shape index (κ1) is 5.35. The average Bonchev–Trinajstić information content (AvgIpc) is 2.14. The summed E-state index contributed by atoms with van der Waals surface area (Å²) in [6.45, 7) is 3.89. The van der Waals surface area contributed by atoms with E-state index in [9.17, 15) is 0 Å². The number of hydrogen-bond acceptors (Lipinski definition) is 2. The van der Waals surface area contributed by atoms with E-state index in [1.807, 2.05) is 13.8 Å². The highest BCUT2D eigenvalue weighted by Crippen LogP contribution is 2.00. The zero-order chi connectivity index (χ0) is 5.98. The summed E-state index contributed by atoms with van der Waals surface area (Å²) in [5, 5.41) is 0. The van der Waals surface area contributed by atoms with Gasteiger partial charge in [-0.2, -0.15) is 0 Å². The van der Waals surface area contributed by atoms with E-state index in [4.69, 9.17) is 4.42 Å². The molecule has 1 aromatic heterocycles. The quantitative estimate of drug-likeness (QED) is 0.549. The normalized spacial score (nSPS) is 9.75. The largest absolute Gasteiger partial charge is 0.446 e. The van der Waals surface area contributed by atoms with Crippen molar-refractivity contribution in [2.45, 2.75) is 20.3 Å². The van der Waals surface area contributed by atoms with Crippen LogP contribution in [0.15, 0.2) is 10.6 Å². The predicted octanol–water partition coefficient (Wildman–Crippen LogP) is 1.55. The molecule has 0 amide bonds. The fourth-order valence-corrected chi connectivity index (χ4v) is 0.569. The number of aryl methyl sites for hydroxylation is 2. The van der Waals surface area contributed by atoms with Crippen LogP contribution < -0.4 is 0 Å². The third kappa shape index (κ3) is 0.886. The molecule has 0 aliphatic carbocycles. The maximum absolute atomic E-state index is 5.12. The van der Waals surface area contributed by atoms with E-state index < -0.39 is 0 Å². The molecule has 1 aromatic rings. The molecule has 0 N–H and O–H groups in total. The Labute approximate surface area is 48.5 Å². The summed E-state index contributed by atoms with van der Waals surface area (Å²) in [4.78, 5) is 3.92. The molecular weight excluding hydrogens is 102 g/mol. The van der Waals surface area contributed by atoms with Crippen LogP contribution in [0.1, 0.15) is 18.6 Å². The Morgan fingerprint density at radius 2 is 2.50 bits per heavy atom. The van der Waals surface area contributed by atoms with Crippen LogP contribution in [0.25, 0.3) is 0 Å². The Hall–Kier alpha value is -0.790. The van der Waals surface area contributed by atoms with Crippen molar-refractivity contribution in [2.75, 3.05) is 0 Å². The Kier molecular flexibility index (Phi) is 1.33. The van der Waals surface area contributed by atoms with E-state index in [1.54, 1.807) is 6.20 Å². The molecule has 0 fully saturated rings. The fourth-order valence-electron chi connectivity index (χ4n) is 0.569. The molecule has 0 aliphatic heterocycles. The molecule has 0 saturated carbocycles. The highest BCUT2D eigenvalue weighted by Gasteiger charge is 1.92. The second kappa shape index (κ2) is 1.99. The minimum atomic E-state index is 0.752. The third-order valence-electron chi connectivity index (χ3n) is 1.02. The number of aromatic nitrogens is 1. The van der Waals surface area contributed by atoms with Gasteiger partial charge in [-0.3, -0.25) is 0 Å². The third-order valence-corrected chi connectivity index (χ3v) is 1.02. The predicted molar refractivity (Wildman–Crippen MR) is 30.6 cm³/mol. The van der Waals surface area contributed by atoms with Gasteiger partial charge in [0.2, 0.25) is 0 Å². The van der Waals surface area contributed by atoms with Crippen molar-refractivity contribution < 1.29 is 4.42 Å². The Bertz CT molecular complexity index is 169. The molecule has 2 nitrogen and oxygen atoms in total. The lowest BCUT2D eigenvalue weighted by Gasteiger charge is -1.80. The van der Waals surface area contributed by atoms with Crippen LogP contribution in [0.5, 0.6) is 0 Å². The summed E-state index contributed by atoms with van der Waals surface area (Å²) in [6.07, 6.45) is 2.69. The molecule has 1 rings (SSSR count). The first-order valence-electron chi connectivity index (χ1n) is 2.74. The standard InChI is InChI=1S/C6H9NO/c1-3-6-4-7-5(2)8-6/h4H,3H2,1-2H3. The zero-order valence-corrected chi connectivity index (χ0v) is 5.14. The van der Waals surface area contributed by atoms with Gasteiger partial charge in [0.25, 0.3) is 0 Å². The maximum Gasteiger partial charge on any atom is 0.191 e. The van der Waals surface area contributed by atoms with Gasteiger partial charge >= 0.3 is 0 Å². The van der Waals surface area contributed by atoms with Gasteiger partial charge in [-0.1, -0.05) is 6.92 Å². The molecule has 0 spiro atoms. The van der Waals surface area contributed by atoms with Crippen LogP contribution in [0, 0.1) is 6.92 Å². The van der Waals surface area contributed by atoms with Crippen molar-refractivity contribution in [3.8, 4) is 0 Å². The van der Waals surface area contributed by atoms with Gasteiger partial charge in [-0.25, -0.2) is 4.98 Å². The summed E-state index contributed by atoms with van der Waals surface area (Å²) in [5.74, 6) is 1.71. The van der Waals surface area contributed by atoms with Gasteiger partial charge in [0.1, 0.15) is 5.76 Å². The van der Waals surface area contributed by atoms with Gasteiger partial charge in [0, 0.05) is 13.3 Å². The second-order valence-corrected chi connectivity index (χ2v) is 1.70. The van der Waals surface area contributed by atoms with E-state index in [2.05, 4.69) is 4.98 Å². The van der Waals surface area contributed by atoms with Crippen molar-refractivity contribution in [3.63, 3.8) is 0 Å². The summed E-state index contributed by atoms with van der Waals surface area (Å²) in [7, 11) is 0. The van der Waals surface area contributed by atoms with E-state index >= 15 is 0 Å². The summed E-state index contributed by atoms with van der Waals surface area (Å²) >= 11 is 0. The molecule has 0 saturated heterocycles. The van der Waals surface area contributed by atoms with E-state index in [0.717, 1.165) is 18.1 Å². The topological polar surface area (TPSA) is 26.0 Å². The van der Waals surface area contributed by atoms with Gasteiger partial charge in [0.05, 0.1) is 6.20 Å². The molecule has 1 heterocycles. The Morgan fingerprint density at radius 1 is 1.75 bits per heavy atom. The fraction of sp³-hybridized carbons (Fsp3) is 0.500. The van der Waals surface area contributed by atoms with Crippen LogP contribution in [0.2, 0.25) is 0 Å². The van der Waals surface area contributed by atoms with Crippen LogP contribution in [-0.4, -0.2) is 4.98 Å². The number of rotatable bonds is 1. The monoisotopic (exact) mass is 111 g/mol. The molecule has 0 bridgehead atoms. The molecule has 8 heavy (non-hydrogen) atoms. The number of nitrogens with zero attached hydrogens (tertiary/aromatic N) is 1. The Balaban J connectivity index is 2.84. The van der Waals surface area contributed by atoms with Gasteiger partial charge in [-0.15, -0.1) is 0 Å². The van der Waals surface area contributed by atoms with Crippen molar-refractivity contribution in [2.24, 2.45) is 0 Å². The maximum atomic E-state index is 5.12. The van der Waals surface area contributed by atoms with Crippen LogP contribution in [0.4, 0.5) is 0 Å².